The third-order valence-corrected chi connectivity index (χ3v) is 3.61. The second-order valence-corrected chi connectivity index (χ2v) is 5.10. The number of rotatable bonds is 2. The summed E-state index contributed by atoms with van der Waals surface area (Å²) >= 11 is 6.16. The maximum atomic E-state index is 11.6. The molecule has 0 aliphatic heterocycles. The highest BCUT2D eigenvalue weighted by atomic mass is 35.5. The van der Waals surface area contributed by atoms with Crippen LogP contribution in [0, 0.1) is 6.92 Å². The number of aromatic carboxylic acids is 1. The van der Waals surface area contributed by atoms with Crippen LogP contribution >= 0.6 is 11.6 Å². The second-order valence-electron chi connectivity index (χ2n) is 4.69. The minimum absolute atomic E-state index is 0.146. The normalized spacial score (nSPS) is 10.8. The Bertz CT molecular complexity index is 848. The van der Waals surface area contributed by atoms with E-state index in [0.717, 1.165) is 11.1 Å². The molecule has 2 aromatic heterocycles. The zero-order valence-electron chi connectivity index (χ0n) is 11.2. The van der Waals surface area contributed by atoms with E-state index in [1.165, 1.54) is 6.07 Å². The molecular formula is C16H11ClN2O2. The molecule has 104 valence electrons. The fraction of sp³-hybridized carbons (Fsp3) is 0.0625. The number of carboxylic acids is 1. The van der Waals surface area contributed by atoms with Crippen molar-refractivity contribution in [2.75, 3.05) is 0 Å². The third-order valence-electron chi connectivity index (χ3n) is 3.30. The molecule has 1 aromatic carbocycles. The second kappa shape index (κ2) is 5.14. The van der Waals surface area contributed by atoms with Crippen molar-refractivity contribution in [3.05, 3.63) is 58.9 Å². The number of aryl methyl sites for hydroxylation is 1. The molecule has 0 bridgehead atoms. The highest BCUT2D eigenvalue weighted by molar-refractivity contribution is 6.36. The molecule has 4 nitrogen and oxygen atoms in total. The van der Waals surface area contributed by atoms with Gasteiger partial charge in [-0.2, -0.15) is 0 Å². The standard InChI is InChI=1S/C16H11ClN2O2/c1-9-4-5-12(17)14-11(16(20)21)7-13(19-15(9)14)10-3-2-6-18-8-10/h2-8H,1H3,(H,20,21). The lowest BCUT2D eigenvalue weighted by Gasteiger charge is -2.10. The predicted molar refractivity (Wildman–Crippen MR) is 81.7 cm³/mol. The lowest BCUT2D eigenvalue weighted by Crippen LogP contribution is -2.02. The first-order valence-corrected chi connectivity index (χ1v) is 6.69. The fourth-order valence-electron chi connectivity index (χ4n) is 2.26. The average molecular weight is 299 g/mol. The maximum Gasteiger partial charge on any atom is 0.336 e. The van der Waals surface area contributed by atoms with E-state index < -0.39 is 5.97 Å². The number of hydrogen-bond acceptors (Lipinski definition) is 3. The number of aromatic nitrogens is 2. The van der Waals surface area contributed by atoms with Gasteiger partial charge in [0.2, 0.25) is 0 Å². The molecule has 0 unspecified atom stereocenters. The smallest absolute Gasteiger partial charge is 0.336 e. The topological polar surface area (TPSA) is 63.1 Å². The van der Waals surface area contributed by atoms with Crippen molar-refractivity contribution in [1.29, 1.82) is 0 Å². The molecular weight excluding hydrogens is 288 g/mol. The average Bonchev–Trinajstić information content (AvgIpc) is 2.51. The highest BCUT2D eigenvalue weighted by Gasteiger charge is 2.16. The Morgan fingerprint density at radius 2 is 2.10 bits per heavy atom. The Morgan fingerprint density at radius 3 is 2.76 bits per heavy atom. The van der Waals surface area contributed by atoms with E-state index in [-0.39, 0.29) is 5.56 Å². The van der Waals surface area contributed by atoms with Gasteiger partial charge in [-0.1, -0.05) is 17.7 Å². The van der Waals surface area contributed by atoms with E-state index in [9.17, 15) is 9.90 Å². The number of fused-ring (bicyclic) bond motifs is 1. The van der Waals surface area contributed by atoms with Gasteiger partial charge < -0.3 is 5.11 Å². The highest BCUT2D eigenvalue weighted by Crippen LogP contribution is 2.31. The molecule has 0 spiro atoms. The summed E-state index contributed by atoms with van der Waals surface area (Å²) in [5.74, 6) is -1.03. The predicted octanol–water partition coefficient (Wildman–Crippen LogP) is 3.96. The Kier molecular flexibility index (Phi) is 3.31. The van der Waals surface area contributed by atoms with Gasteiger partial charge in [-0.05, 0) is 36.8 Å². The number of carboxylic acid groups (broad SMARTS) is 1. The number of carbonyl (C=O) groups is 1. The van der Waals surface area contributed by atoms with Gasteiger partial charge in [-0.25, -0.2) is 9.78 Å². The molecule has 0 saturated heterocycles. The minimum atomic E-state index is -1.03. The monoisotopic (exact) mass is 298 g/mol. The fourth-order valence-corrected chi connectivity index (χ4v) is 2.52. The molecule has 0 aliphatic rings. The van der Waals surface area contributed by atoms with Crippen molar-refractivity contribution in [1.82, 2.24) is 9.97 Å². The molecule has 1 N–H and O–H groups in total. The van der Waals surface area contributed by atoms with E-state index >= 15 is 0 Å². The van der Waals surface area contributed by atoms with Crippen molar-refractivity contribution >= 4 is 28.5 Å². The quantitative estimate of drug-likeness (QED) is 0.778. The molecule has 0 atom stereocenters. The SMILES string of the molecule is Cc1ccc(Cl)c2c(C(=O)O)cc(-c3cccnc3)nc12. The summed E-state index contributed by atoms with van der Waals surface area (Å²) in [6, 6.07) is 8.68. The molecule has 3 aromatic rings. The first-order chi connectivity index (χ1) is 10.1. The lowest BCUT2D eigenvalue weighted by atomic mass is 10.0. The number of halogens is 1. The molecule has 0 saturated carbocycles. The molecule has 0 radical (unpaired) electrons. The van der Waals surface area contributed by atoms with Crippen LogP contribution < -0.4 is 0 Å². The largest absolute Gasteiger partial charge is 0.478 e. The van der Waals surface area contributed by atoms with Crippen LogP contribution in [0.5, 0.6) is 0 Å². The van der Waals surface area contributed by atoms with Crippen molar-refractivity contribution < 1.29 is 9.90 Å². The summed E-state index contributed by atoms with van der Waals surface area (Å²) in [4.78, 5) is 20.2. The summed E-state index contributed by atoms with van der Waals surface area (Å²) < 4.78 is 0. The summed E-state index contributed by atoms with van der Waals surface area (Å²) in [7, 11) is 0. The molecule has 3 rings (SSSR count). The van der Waals surface area contributed by atoms with Crippen molar-refractivity contribution in [2.24, 2.45) is 0 Å². The number of benzene rings is 1. The van der Waals surface area contributed by atoms with E-state index in [0.29, 0.717) is 21.6 Å². The van der Waals surface area contributed by atoms with Crippen LogP contribution in [0.4, 0.5) is 0 Å². The van der Waals surface area contributed by atoms with Gasteiger partial charge in [0.25, 0.3) is 0 Å². The lowest BCUT2D eigenvalue weighted by molar-refractivity contribution is 0.0699. The van der Waals surface area contributed by atoms with Crippen LogP contribution in [0.25, 0.3) is 22.2 Å². The first kappa shape index (κ1) is 13.5. The first-order valence-electron chi connectivity index (χ1n) is 6.31. The minimum Gasteiger partial charge on any atom is -0.478 e. The number of nitrogens with zero attached hydrogens (tertiary/aromatic N) is 2. The van der Waals surface area contributed by atoms with Crippen LogP contribution in [-0.4, -0.2) is 21.0 Å². The molecule has 0 fully saturated rings. The van der Waals surface area contributed by atoms with Crippen molar-refractivity contribution in [3.63, 3.8) is 0 Å². The maximum absolute atomic E-state index is 11.6. The zero-order valence-corrected chi connectivity index (χ0v) is 11.9. The van der Waals surface area contributed by atoms with Crippen LogP contribution in [-0.2, 0) is 0 Å². The van der Waals surface area contributed by atoms with E-state index in [1.807, 2.05) is 19.1 Å². The van der Waals surface area contributed by atoms with Crippen LogP contribution in [0.15, 0.2) is 42.7 Å². The summed E-state index contributed by atoms with van der Waals surface area (Å²) in [5, 5.41) is 10.3. The summed E-state index contributed by atoms with van der Waals surface area (Å²) in [6.45, 7) is 1.88. The Hall–Kier alpha value is -2.46. The Morgan fingerprint density at radius 1 is 1.29 bits per heavy atom. The van der Waals surface area contributed by atoms with Crippen LogP contribution in [0.3, 0.4) is 0 Å². The van der Waals surface area contributed by atoms with Crippen LogP contribution in [0.2, 0.25) is 5.02 Å². The number of hydrogen-bond donors (Lipinski definition) is 1. The van der Waals surface area contributed by atoms with E-state index in [1.54, 1.807) is 24.5 Å². The summed E-state index contributed by atoms with van der Waals surface area (Å²) in [6.07, 6.45) is 3.31. The molecule has 0 aliphatic carbocycles. The van der Waals surface area contributed by atoms with E-state index in [2.05, 4.69) is 9.97 Å². The zero-order chi connectivity index (χ0) is 15.0. The van der Waals surface area contributed by atoms with Crippen molar-refractivity contribution in [3.8, 4) is 11.3 Å². The van der Waals surface area contributed by atoms with Crippen molar-refractivity contribution in [2.45, 2.75) is 6.92 Å². The van der Waals surface area contributed by atoms with Crippen LogP contribution in [0.1, 0.15) is 15.9 Å². The Labute approximate surface area is 126 Å². The van der Waals surface area contributed by atoms with E-state index in [4.69, 9.17) is 11.6 Å². The van der Waals surface area contributed by atoms with Gasteiger partial charge in [-0.3, -0.25) is 4.98 Å². The van der Waals surface area contributed by atoms with Gasteiger partial charge >= 0.3 is 5.97 Å². The van der Waals surface area contributed by atoms with Gasteiger partial charge in [0.05, 0.1) is 21.8 Å². The third kappa shape index (κ3) is 2.34. The molecule has 0 amide bonds. The molecule has 5 heteroatoms. The van der Waals surface area contributed by atoms with Gasteiger partial charge in [-0.15, -0.1) is 0 Å². The van der Waals surface area contributed by atoms with Gasteiger partial charge in [0, 0.05) is 23.3 Å². The van der Waals surface area contributed by atoms with Gasteiger partial charge in [0.1, 0.15) is 0 Å². The van der Waals surface area contributed by atoms with Gasteiger partial charge in [0.15, 0.2) is 0 Å². The molecule has 21 heavy (non-hydrogen) atoms. The summed E-state index contributed by atoms with van der Waals surface area (Å²) in [5.41, 5.74) is 2.95. The Balaban J connectivity index is 2.41. The number of pyridine rings is 2. The molecule has 2 heterocycles.